The van der Waals surface area contributed by atoms with Crippen molar-refractivity contribution in [2.24, 2.45) is 0 Å². The van der Waals surface area contributed by atoms with Crippen LogP contribution in [0.1, 0.15) is 11.1 Å². The molecular weight excluding hydrogens is 342 g/mol. The average Bonchev–Trinajstić information content (AvgIpc) is 2.64. The SMILES string of the molecule is COc1ccc(CCNC(=O)NCCc2c(F)cccc2F)cc1OC. The Morgan fingerprint density at radius 1 is 0.923 bits per heavy atom. The van der Waals surface area contributed by atoms with Crippen LogP contribution in [-0.2, 0) is 12.8 Å². The number of methoxy groups -OCH3 is 2. The van der Waals surface area contributed by atoms with E-state index in [2.05, 4.69) is 10.6 Å². The number of hydrogen-bond donors (Lipinski definition) is 2. The van der Waals surface area contributed by atoms with Crippen molar-refractivity contribution in [1.82, 2.24) is 10.6 Å². The van der Waals surface area contributed by atoms with E-state index >= 15 is 0 Å². The lowest BCUT2D eigenvalue weighted by Crippen LogP contribution is -2.37. The average molecular weight is 364 g/mol. The zero-order chi connectivity index (χ0) is 18.9. The maximum Gasteiger partial charge on any atom is 0.314 e. The quantitative estimate of drug-likeness (QED) is 0.757. The second-order valence-corrected chi connectivity index (χ2v) is 5.57. The number of ether oxygens (including phenoxy) is 2. The molecule has 5 nitrogen and oxygen atoms in total. The lowest BCUT2D eigenvalue weighted by atomic mass is 10.1. The molecule has 0 aliphatic carbocycles. The number of carbonyl (C=O) groups excluding carboxylic acids is 1. The summed E-state index contributed by atoms with van der Waals surface area (Å²) in [5, 5.41) is 5.29. The molecule has 0 saturated heterocycles. The summed E-state index contributed by atoms with van der Waals surface area (Å²) in [6.07, 6.45) is 0.692. The lowest BCUT2D eigenvalue weighted by molar-refractivity contribution is 0.241. The number of urea groups is 1. The van der Waals surface area contributed by atoms with Crippen LogP contribution in [-0.4, -0.2) is 33.3 Å². The van der Waals surface area contributed by atoms with Gasteiger partial charge in [-0.15, -0.1) is 0 Å². The maximum atomic E-state index is 13.5. The molecular formula is C19H22F2N2O3. The third-order valence-corrected chi connectivity index (χ3v) is 3.87. The molecule has 0 saturated carbocycles. The van der Waals surface area contributed by atoms with Gasteiger partial charge < -0.3 is 20.1 Å². The number of hydrogen-bond acceptors (Lipinski definition) is 3. The number of rotatable bonds is 8. The van der Waals surface area contributed by atoms with E-state index in [4.69, 9.17) is 9.47 Å². The van der Waals surface area contributed by atoms with Crippen molar-refractivity contribution in [2.45, 2.75) is 12.8 Å². The Hall–Kier alpha value is -2.83. The van der Waals surface area contributed by atoms with Gasteiger partial charge in [-0.1, -0.05) is 12.1 Å². The number of benzene rings is 2. The van der Waals surface area contributed by atoms with Gasteiger partial charge in [-0.05, 0) is 42.7 Å². The van der Waals surface area contributed by atoms with E-state index in [0.29, 0.717) is 24.5 Å². The van der Waals surface area contributed by atoms with Gasteiger partial charge in [0, 0.05) is 18.7 Å². The molecule has 0 atom stereocenters. The Kier molecular flexibility index (Phi) is 7.20. The van der Waals surface area contributed by atoms with Gasteiger partial charge in [0.2, 0.25) is 0 Å². The summed E-state index contributed by atoms with van der Waals surface area (Å²) >= 11 is 0. The lowest BCUT2D eigenvalue weighted by Gasteiger charge is -2.11. The van der Waals surface area contributed by atoms with Crippen molar-refractivity contribution in [3.8, 4) is 11.5 Å². The smallest absolute Gasteiger partial charge is 0.314 e. The second kappa shape index (κ2) is 9.60. The normalized spacial score (nSPS) is 10.3. The molecule has 7 heteroatoms. The minimum absolute atomic E-state index is 0.0295. The maximum absolute atomic E-state index is 13.5. The summed E-state index contributed by atoms with van der Waals surface area (Å²) in [5.74, 6) is 0.0463. The van der Waals surface area contributed by atoms with Gasteiger partial charge in [0.15, 0.2) is 11.5 Å². The van der Waals surface area contributed by atoms with Crippen LogP contribution in [0.3, 0.4) is 0 Å². The summed E-state index contributed by atoms with van der Waals surface area (Å²) in [4.78, 5) is 11.8. The number of amides is 2. The molecule has 2 aromatic carbocycles. The van der Waals surface area contributed by atoms with E-state index in [-0.39, 0.29) is 24.6 Å². The third-order valence-electron chi connectivity index (χ3n) is 3.87. The fraction of sp³-hybridized carbons (Fsp3) is 0.316. The van der Waals surface area contributed by atoms with Crippen molar-refractivity contribution in [1.29, 1.82) is 0 Å². The van der Waals surface area contributed by atoms with Crippen LogP contribution in [0.25, 0.3) is 0 Å². The minimum atomic E-state index is -0.610. The molecule has 0 fully saturated rings. The summed E-state index contributed by atoms with van der Waals surface area (Å²) in [6.45, 7) is 0.551. The fourth-order valence-electron chi connectivity index (χ4n) is 2.49. The molecule has 0 aliphatic heterocycles. The van der Waals surface area contributed by atoms with Crippen LogP contribution < -0.4 is 20.1 Å². The highest BCUT2D eigenvalue weighted by molar-refractivity contribution is 5.73. The zero-order valence-electron chi connectivity index (χ0n) is 14.8. The predicted molar refractivity (Wildman–Crippen MR) is 94.7 cm³/mol. The van der Waals surface area contributed by atoms with E-state index in [1.807, 2.05) is 12.1 Å². The molecule has 2 amide bonds. The fourth-order valence-corrected chi connectivity index (χ4v) is 2.49. The molecule has 140 valence electrons. The zero-order valence-corrected chi connectivity index (χ0v) is 14.8. The molecule has 2 aromatic rings. The van der Waals surface area contributed by atoms with E-state index < -0.39 is 11.6 Å². The molecule has 0 heterocycles. The Morgan fingerprint density at radius 3 is 2.15 bits per heavy atom. The molecule has 0 radical (unpaired) electrons. The first-order valence-corrected chi connectivity index (χ1v) is 8.20. The standard InChI is InChI=1S/C19H22F2N2O3/c1-25-17-7-6-13(12-18(17)26-2)8-10-22-19(24)23-11-9-14-15(20)4-3-5-16(14)21/h3-7,12H,8-11H2,1-2H3,(H2,22,23,24). The van der Waals surface area contributed by atoms with E-state index in [9.17, 15) is 13.6 Å². The Morgan fingerprint density at radius 2 is 1.54 bits per heavy atom. The van der Waals surface area contributed by atoms with Crippen molar-refractivity contribution in [3.05, 3.63) is 59.2 Å². The minimum Gasteiger partial charge on any atom is -0.493 e. The Balaban J connectivity index is 1.74. The van der Waals surface area contributed by atoms with Gasteiger partial charge >= 0.3 is 6.03 Å². The molecule has 0 unspecified atom stereocenters. The first-order chi connectivity index (χ1) is 12.5. The predicted octanol–water partition coefficient (Wildman–Crippen LogP) is 3.07. The largest absolute Gasteiger partial charge is 0.493 e. The van der Waals surface area contributed by atoms with Crippen LogP contribution in [0.5, 0.6) is 11.5 Å². The van der Waals surface area contributed by atoms with Crippen LogP contribution in [0, 0.1) is 11.6 Å². The highest BCUT2D eigenvalue weighted by Gasteiger charge is 2.09. The van der Waals surface area contributed by atoms with Crippen molar-refractivity contribution in [2.75, 3.05) is 27.3 Å². The first-order valence-electron chi connectivity index (χ1n) is 8.20. The van der Waals surface area contributed by atoms with Gasteiger partial charge in [0.05, 0.1) is 14.2 Å². The highest BCUT2D eigenvalue weighted by Crippen LogP contribution is 2.27. The molecule has 0 bridgehead atoms. The van der Waals surface area contributed by atoms with Crippen molar-refractivity contribution in [3.63, 3.8) is 0 Å². The topological polar surface area (TPSA) is 59.6 Å². The van der Waals surface area contributed by atoms with E-state index in [0.717, 1.165) is 5.56 Å². The van der Waals surface area contributed by atoms with Crippen molar-refractivity contribution < 1.29 is 23.0 Å². The van der Waals surface area contributed by atoms with Crippen LogP contribution in [0.4, 0.5) is 13.6 Å². The van der Waals surface area contributed by atoms with Crippen LogP contribution >= 0.6 is 0 Å². The van der Waals surface area contributed by atoms with Gasteiger partial charge in [0.25, 0.3) is 0 Å². The van der Waals surface area contributed by atoms with Crippen LogP contribution in [0.15, 0.2) is 36.4 Å². The number of carbonyl (C=O) groups is 1. The molecule has 26 heavy (non-hydrogen) atoms. The van der Waals surface area contributed by atoms with E-state index in [1.54, 1.807) is 20.3 Å². The summed E-state index contributed by atoms with van der Waals surface area (Å²) in [7, 11) is 3.13. The van der Waals surface area contributed by atoms with Crippen LogP contribution in [0.2, 0.25) is 0 Å². The van der Waals surface area contributed by atoms with Gasteiger partial charge in [0.1, 0.15) is 11.6 Å². The Labute approximate surface area is 151 Å². The Bertz CT molecular complexity index is 733. The first kappa shape index (κ1) is 19.5. The second-order valence-electron chi connectivity index (χ2n) is 5.57. The van der Waals surface area contributed by atoms with Gasteiger partial charge in [-0.2, -0.15) is 0 Å². The molecule has 2 N–H and O–H groups in total. The molecule has 0 spiro atoms. The third kappa shape index (κ3) is 5.34. The van der Waals surface area contributed by atoms with Gasteiger partial charge in [-0.3, -0.25) is 0 Å². The number of nitrogens with one attached hydrogen (secondary N) is 2. The monoisotopic (exact) mass is 364 g/mol. The molecule has 0 aromatic heterocycles. The van der Waals surface area contributed by atoms with Crippen molar-refractivity contribution >= 4 is 6.03 Å². The highest BCUT2D eigenvalue weighted by atomic mass is 19.1. The molecule has 2 rings (SSSR count). The van der Waals surface area contributed by atoms with Gasteiger partial charge in [-0.25, -0.2) is 13.6 Å². The summed E-state index contributed by atoms with van der Waals surface area (Å²) < 4.78 is 37.4. The summed E-state index contributed by atoms with van der Waals surface area (Å²) in [5.41, 5.74) is 0.953. The van der Waals surface area contributed by atoms with E-state index in [1.165, 1.54) is 18.2 Å². The number of halogens is 2. The molecule has 0 aliphatic rings. The summed E-state index contributed by atoms with van der Waals surface area (Å²) in [6, 6.07) is 8.85.